The zero-order chi connectivity index (χ0) is 24.1. The van der Waals surface area contributed by atoms with Gasteiger partial charge in [0.25, 0.3) is 0 Å². The van der Waals surface area contributed by atoms with E-state index in [0.717, 1.165) is 41.9 Å². The van der Waals surface area contributed by atoms with E-state index in [0.29, 0.717) is 26.2 Å². The van der Waals surface area contributed by atoms with Gasteiger partial charge in [-0.15, -0.1) is 0 Å². The quantitative estimate of drug-likeness (QED) is 0.469. The third-order valence-corrected chi connectivity index (χ3v) is 6.92. The molecule has 2 amide bonds. The summed E-state index contributed by atoms with van der Waals surface area (Å²) in [5, 5.41) is 0. The molecule has 0 aliphatic carbocycles. The smallest absolute Gasteiger partial charge is 0.410 e. The third kappa shape index (κ3) is 5.32. The number of amides is 2. The molecule has 2 saturated heterocycles. The first kappa shape index (κ1) is 23.0. The summed E-state index contributed by atoms with van der Waals surface area (Å²) >= 11 is 0. The fourth-order valence-electron chi connectivity index (χ4n) is 5.03. The number of para-hydroxylation sites is 1. The normalized spacial score (nSPS) is 19.7. The highest BCUT2D eigenvalue weighted by Crippen LogP contribution is 2.41. The molecule has 0 N–H and O–H groups in total. The molecule has 2 aliphatic rings. The van der Waals surface area contributed by atoms with Gasteiger partial charge in [-0.2, -0.15) is 0 Å². The van der Waals surface area contributed by atoms with Crippen molar-refractivity contribution in [1.29, 1.82) is 0 Å². The van der Waals surface area contributed by atoms with Gasteiger partial charge in [-0.1, -0.05) is 60.7 Å². The molecule has 0 bridgehead atoms. The molecule has 1 atom stereocenters. The predicted octanol–water partition coefficient (Wildman–Crippen LogP) is 5.63. The second kappa shape index (κ2) is 10.2. The van der Waals surface area contributed by atoms with Gasteiger partial charge in [0, 0.05) is 26.2 Å². The van der Waals surface area contributed by atoms with Gasteiger partial charge in [0.05, 0.1) is 5.41 Å². The molecule has 5 rings (SSSR count). The maximum Gasteiger partial charge on any atom is 0.410 e. The van der Waals surface area contributed by atoms with E-state index < -0.39 is 5.41 Å². The van der Waals surface area contributed by atoms with Gasteiger partial charge in [0.15, 0.2) is 0 Å². The summed E-state index contributed by atoms with van der Waals surface area (Å²) < 4.78 is 11.4. The fraction of sp³-hybridized carbons (Fsp3) is 0.310. The van der Waals surface area contributed by atoms with Crippen LogP contribution in [0.25, 0.3) is 0 Å². The van der Waals surface area contributed by atoms with Crippen LogP contribution in [-0.4, -0.2) is 41.4 Å². The summed E-state index contributed by atoms with van der Waals surface area (Å²) in [7, 11) is 0. The lowest BCUT2D eigenvalue weighted by Crippen LogP contribution is -2.49. The average Bonchev–Trinajstić information content (AvgIpc) is 3.19. The topological polar surface area (TPSA) is 59.1 Å². The van der Waals surface area contributed by atoms with Gasteiger partial charge in [0.2, 0.25) is 5.91 Å². The minimum absolute atomic E-state index is 0.141. The Labute approximate surface area is 206 Å². The van der Waals surface area contributed by atoms with E-state index in [1.54, 1.807) is 4.90 Å². The minimum Gasteiger partial charge on any atom is -0.457 e. The Morgan fingerprint density at radius 1 is 0.800 bits per heavy atom. The van der Waals surface area contributed by atoms with Crippen molar-refractivity contribution in [3.8, 4) is 11.5 Å². The SMILES string of the molecule is O=C(OCc1ccccc1)N1CCCC2(CCN(Cc3ccc(Oc4ccccc4)cc3)C2=O)C1. The summed E-state index contributed by atoms with van der Waals surface area (Å²) in [4.78, 5) is 29.8. The maximum absolute atomic E-state index is 13.5. The first-order valence-electron chi connectivity index (χ1n) is 12.2. The summed E-state index contributed by atoms with van der Waals surface area (Å²) in [6.45, 7) is 2.57. The van der Waals surface area contributed by atoms with Crippen molar-refractivity contribution in [2.75, 3.05) is 19.6 Å². The largest absolute Gasteiger partial charge is 0.457 e. The number of benzene rings is 3. The molecule has 2 heterocycles. The fourth-order valence-corrected chi connectivity index (χ4v) is 5.03. The summed E-state index contributed by atoms with van der Waals surface area (Å²) in [6.07, 6.45) is 2.05. The highest BCUT2D eigenvalue weighted by Gasteiger charge is 2.49. The van der Waals surface area contributed by atoms with Crippen LogP contribution < -0.4 is 4.74 Å². The second-order valence-corrected chi connectivity index (χ2v) is 9.38. The van der Waals surface area contributed by atoms with E-state index in [1.807, 2.05) is 89.8 Å². The van der Waals surface area contributed by atoms with Crippen molar-refractivity contribution in [1.82, 2.24) is 9.80 Å². The standard InChI is InChI=1S/C29H30N2O4/c32-27-29(16-7-18-31(22-29)28(33)34-21-24-8-3-1-4-9-24)17-19-30(27)20-23-12-14-26(15-13-23)35-25-10-5-2-6-11-25/h1-6,8-15H,7,16-22H2. The molecule has 6 nitrogen and oxygen atoms in total. The molecule has 1 unspecified atom stereocenters. The van der Waals surface area contributed by atoms with E-state index in [-0.39, 0.29) is 18.6 Å². The third-order valence-electron chi connectivity index (χ3n) is 6.92. The molecule has 0 radical (unpaired) electrons. The zero-order valence-corrected chi connectivity index (χ0v) is 19.8. The average molecular weight is 471 g/mol. The zero-order valence-electron chi connectivity index (χ0n) is 19.8. The van der Waals surface area contributed by atoms with E-state index in [2.05, 4.69) is 0 Å². The summed E-state index contributed by atoms with van der Waals surface area (Å²) in [5.74, 6) is 1.70. The molecule has 0 aromatic heterocycles. The Morgan fingerprint density at radius 2 is 1.49 bits per heavy atom. The van der Waals surface area contributed by atoms with Crippen molar-refractivity contribution in [2.24, 2.45) is 5.41 Å². The van der Waals surface area contributed by atoms with Gasteiger partial charge < -0.3 is 19.3 Å². The van der Waals surface area contributed by atoms with Crippen molar-refractivity contribution in [2.45, 2.75) is 32.4 Å². The van der Waals surface area contributed by atoms with Gasteiger partial charge in [0.1, 0.15) is 18.1 Å². The molecule has 6 heteroatoms. The van der Waals surface area contributed by atoms with Crippen LogP contribution in [0.4, 0.5) is 4.79 Å². The lowest BCUT2D eigenvalue weighted by atomic mass is 9.78. The Morgan fingerprint density at radius 3 is 2.23 bits per heavy atom. The van der Waals surface area contributed by atoms with Crippen molar-refractivity contribution in [3.63, 3.8) is 0 Å². The lowest BCUT2D eigenvalue weighted by molar-refractivity contribution is -0.138. The van der Waals surface area contributed by atoms with Crippen LogP contribution >= 0.6 is 0 Å². The molecular weight excluding hydrogens is 440 g/mol. The minimum atomic E-state index is -0.500. The van der Waals surface area contributed by atoms with E-state index in [4.69, 9.17) is 9.47 Å². The maximum atomic E-state index is 13.5. The van der Waals surface area contributed by atoms with E-state index >= 15 is 0 Å². The first-order chi connectivity index (χ1) is 17.1. The van der Waals surface area contributed by atoms with Gasteiger partial charge in [-0.25, -0.2) is 4.79 Å². The number of hydrogen-bond donors (Lipinski definition) is 0. The van der Waals surface area contributed by atoms with Crippen molar-refractivity contribution < 1.29 is 19.1 Å². The molecule has 0 saturated carbocycles. The Balaban J connectivity index is 1.17. The van der Waals surface area contributed by atoms with Crippen LogP contribution in [0.1, 0.15) is 30.4 Å². The molecule has 2 fully saturated rings. The molecule has 180 valence electrons. The number of likely N-dealkylation sites (tertiary alicyclic amines) is 2. The van der Waals surface area contributed by atoms with Crippen molar-refractivity contribution >= 4 is 12.0 Å². The number of ether oxygens (including phenoxy) is 2. The van der Waals surface area contributed by atoms with Gasteiger partial charge in [-0.05, 0) is 54.7 Å². The Hall–Kier alpha value is -3.80. The van der Waals surface area contributed by atoms with E-state index in [1.165, 1.54) is 0 Å². The van der Waals surface area contributed by atoms with Crippen molar-refractivity contribution in [3.05, 3.63) is 96.1 Å². The number of piperidine rings is 1. The summed E-state index contributed by atoms with van der Waals surface area (Å²) in [6, 6.07) is 27.2. The Bertz CT molecular complexity index is 1150. The number of carbonyl (C=O) groups is 2. The number of nitrogens with zero attached hydrogens (tertiary/aromatic N) is 2. The van der Waals surface area contributed by atoms with Crippen LogP contribution in [0.15, 0.2) is 84.9 Å². The highest BCUT2D eigenvalue weighted by atomic mass is 16.6. The molecule has 35 heavy (non-hydrogen) atoms. The highest BCUT2D eigenvalue weighted by molar-refractivity contribution is 5.86. The van der Waals surface area contributed by atoms with E-state index in [9.17, 15) is 9.59 Å². The summed E-state index contributed by atoms with van der Waals surface area (Å²) in [5.41, 5.74) is 1.52. The second-order valence-electron chi connectivity index (χ2n) is 9.38. The monoisotopic (exact) mass is 470 g/mol. The first-order valence-corrected chi connectivity index (χ1v) is 12.2. The van der Waals surface area contributed by atoms with Crippen LogP contribution in [-0.2, 0) is 22.7 Å². The molecule has 2 aliphatic heterocycles. The van der Waals surface area contributed by atoms with Crippen LogP contribution in [0.2, 0.25) is 0 Å². The molecule has 3 aromatic rings. The van der Waals surface area contributed by atoms with Crippen LogP contribution in [0, 0.1) is 5.41 Å². The molecule has 3 aromatic carbocycles. The molecule has 1 spiro atoms. The van der Waals surface area contributed by atoms with Gasteiger partial charge >= 0.3 is 6.09 Å². The lowest BCUT2D eigenvalue weighted by Gasteiger charge is -2.38. The number of rotatable bonds is 6. The Kier molecular flexibility index (Phi) is 6.70. The molecular formula is C29H30N2O4. The predicted molar refractivity (Wildman–Crippen MR) is 133 cm³/mol. The number of hydrogen-bond acceptors (Lipinski definition) is 4. The van der Waals surface area contributed by atoms with Gasteiger partial charge in [-0.3, -0.25) is 4.79 Å². The van der Waals surface area contributed by atoms with Crippen LogP contribution in [0.3, 0.4) is 0 Å². The number of carbonyl (C=O) groups excluding carboxylic acids is 2. The van der Waals surface area contributed by atoms with Crippen LogP contribution in [0.5, 0.6) is 11.5 Å².